The first-order chi connectivity index (χ1) is 7.65. The van der Waals surface area contributed by atoms with Gasteiger partial charge in [0.15, 0.2) is 0 Å². The average molecular weight is 225 g/mol. The zero-order chi connectivity index (χ0) is 11.5. The van der Waals surface area contributed by atoms with Crippen molar-refractivity contribution >= 4 is 5.97 Å². The highest BCUT2D eigenvalue weighted by atomic mass is 16.4. The molecule has 0 aromatic heterocycles. The fraction of sp³-hybridized carbons (Fsp3) is 0.923. The molecule has 2 aliphatic rings. The van der Waals surface area contributed by atoms with Crippen molar-refractivity contribution in [3.05, 3.63) is 0 Å². The van der Waals surface area contributed by atoms with Crippen LogP contribution >= 0.6 is 0 Å². The zero-order valence-corrected chi connectivity index (χ0v) is 10.2. The topological polar surface area (TPSA) is 40.5 Å². The summed E-state index contributed by atoms with van der Waals surface area (Å²) in [5.41, 5.74) is 0. The number of likely N-dealkylation sites (tertiary alicyclic amines) is 1. The lowest BCUT2D eigenvalue weighted by Gasteiger charge is -2.30. The van der Waals surface area contributed by atoms with Crippen molar-refractivity contribution in [1.29, 1.82) is 0 Å². The Morgan fingerprint density at radius 1 is 1.38 bits per heavy atom. The Kier molecular flexibility index (Phi) is 3.85. The summed E-state index contributed by atoms with van der Waals surface area (Å²) in [5.74, 6) is 0.966. The maximum absolute atomic E-state index is 10.9. The van der Waals surface area contributed by atoms with Crippen LogP contribution in [0.3, 0.4) is 0 Å². The van der Waals surface area contributed by atoms with Crippen LogP contribution in [0, 0.1) is 17.8 Å². The molecular weight excluding hydrogens is 202 g/mol. The summed E-state index contributed by atoms with van der Waals surface area (Å²) in [6, 6.07) is 0. The third-order valence-electron chi connectivity index (χ3n) is 4.18. The molecule has 1 aliphatic carbocycles. The van der Waals surface area contributed by atoms with Crippen molar-refractivity contribution in [2.45, 2.75) is 39.0 Å². The Balaban J connectivity index is 1.76. The molecule has 3 atom stereocenters. The molecule has 3 nitrogen and oxygen atoms in total. The van der Waals surface area contributed by atoms with Crippen LogP contribution in [0.15, 0.2) is 0 Å². The lowest BCUT2D eigenvalue weighted by molar-refractivity contribution is -0.141. The van der Waals surface area contributed by atoms with Crippen molar-refractivity contribution in [2.75, 3.05) is 19.6 Å². The largest absolute Gasteiger partial charge is 0.481 e. The van der Waals surface area contributed by atoms with E-state index in [1.807, 2.05) is 0 Å². The van der Waals surface area contributed by atoms with Gasteiger partial charge in [0.2, 0.25) is 0 Å². The maximum Gasteiger partial charge on any atom is 0.307 e. The molecule has 3 unspecified atom stereocenters. The Morgan fingerprint density at radius 2 is 2.19 bits per heavy atom. The van der Waals surface area contributed by atoms with Crippen molar-refractivity contribution in [1.82, 2.24) is 4.90 Å². The summed E-state index contributed by atoms with van der Waals surface area (Å²) < 4.78 is 0. The number of carboxylic acids is 1. The van der Waals surface area contributed by atoms with Crippen molar-refractivity contribution in [3.8, 4) is 0 Å². The van der Waals surface area contributed by atoms with Crippen LogP contribution in [0.4, 0.5) is 0 Å². The fourth-order valence-corrected chi connectivity index (χ4v) is 3.29. The summed E-state index contributed by atoms with van der Waals surface area (Å²) in [5, 5.41) is 8.95. The summed E-state index contributed by atoms with van der Waals surface area (Å²) in [4.78, 5) is 13.2. The third kappa shape index (κ3) is 2.97. The second-order valence-corrected chi connectivity index (χ2v) is 5.72. The van der Waals surface area contributed by atoms with Gasteiger partial charge in [-0.2, -0.15) is 0 Å². The first-order valence-electron chi connectivity index (χ1n) is 6.60. The predicted molar refractivity (Wildman–Crippen MR) is 63.3 cm³/mol. The van der Waals surface area contributed by atoms with E-state index in [1.165, 1.54) is 25.7 Å². The molecule has 0 radical (unpaired) electrons. The van der Waals surface area contributed by atoms with E-state index < -0.39 is 5.97 Å². The van der Waals surface area contributed by atoms with E-state index >= 15 is 0 Å². The van der Waals surface area contributed by atoms with Crippen molar-refractivity contribution < 1.29 is 9.90 Å². The molecule has 1 aliphatic heterocycles. The van der Waals surface area contributed by atoms with E-state index in [0.717, 1.165) is 37.9 Å². The molecule has 3 heteroatoms. The molecule has 0 bridgehead atoms. The van der Waals surface area contributed by atoms with Gasteiger partial charge >= 0.3 is 5.97 Å². The maximum atomic E-state index is 10.9. The zero-order valence-electron chi connectivity index (χ0n) is 10.2. The van der Waals surface area contributed by atoms with E-state index in [2.05, 4.69) is 11.8 Å². The molecule has 0 spiro atoms. The lowest BCUT2D eigenvalue weighted by Crippen LogP contribution is -2.31. The lowest BCUT2D eigenvalue weighted by atomic mass is 9.82. The predicted octanol–water partition coefficient (Wildman–Crippen LogP) is 2.22. The van der Waals surface area contributed by atoms with Gasteiger partial charge in [-0.1, -0.05) is 19.8 Å². The standard InChI is InChI=1S/C13H23NO2/c1-10-3-2-4-11(7-10)8-14-6-5-12(9-14)13(15)16/h10-12H,2-9H2,1H3,(H,15,16). The Bertz CT molecular complexity index is 254. The molecule has 2 rings (SSSR count). The highest BCUT2D eigenvalue weighted by molar-refractivity contribution is 5.70. The van der Waals surface area contributed by atoms with E-state index in [4.69, 9.17) is 5.11 Å². The molecule has 1 N–H and O–H groups in total. The minimum atomic E-state index is -0.612. The number of carboxylic acid groups (broad SMARTS) is 1. The normalized spacial score (nSPS) is 36.4. The van der Waals surface area contributed by atoms with Crippen LogP contribution in [-0.2, 0) is 4.79 Å². The van der Waals surface area contributed by atoms with Crippen LogP contribution in [0.5, 0.6) is 0 Å². The van der Waals surface area contributed by atoms with Crippen LogP contribution < -0.4 is 0 Å². The summed E-state index contributed by atoms with van der Waals surface area (Å²) in [7, 11) is 0. The Morgan fingerprint density at radius 3 is 2.81 bits per heavy atom. The molecule has 1 heterocycles. The fourth-order valence-electron chi connectivity index (χ4n) is 3.29. The summed E-state index contributed by atoms with van der Waals surface area (Å²) >= 11 is 0. The molecule has 16 heavy (non-hydrogen) atoms. The summed E-state index contributed by atoms with van der Waals surface area (Å²) in [6.45, 7) is 5.24. The molecular formula is C13H23NO2. The average Bonchev–Trinajstić information content (AvgIpc) is 2.66. The smallest absolute Gasteiger partial charge is 0.307 e. The van der Waals surface area contributed by atoms with E-state index in [1.54, 1.807) is 0 Å². The number of aliphatic carboxylic acids is 1. The van der Waals surface area contributed by atoms with Gasteiger partial charge in [0.1, 0.15) is 0 Å². The second kappa shape index (κ2) is 5.17. The van der Waals surface area contributed by atoms with Crippen LogP contribution in [0.25, 0.3) is 0 Å². The van der Waals surface area contributed by atoms with Gasteiger partial charge < -0.3 is 10.0 Å². The second-order valence-electron chi connectivity index (χ2n) is 5.72. The number of rotatable bonds is 3. The van der Waals surface area contributed by atoms with Gasteiger partial charge in [0.25, 0.3) is 0 Å². The van der Waals surface area contributed by atoms with Crippen molar-refractivity contribution in [3.63, 3.8) is 0 Å². The molecule has 0 aromatic carbocycles. The van der Waals surface area contributed by atoms with E-state index in [9.17, 15) is 4.79 Å². The summed E-state index contributed by atoms with van der Waals surface area (Å²) in [6.07, 6.45) is 6.28. The van der Waals surface area contributed by atoms with Gasteiger partial charge in [0.05, 0.1) is 5.92 Å². The molecule has 1 saturated heterocycles. The van der Waals surface area contributed by atoms with E-state index in [0.29, 0.717) is 0 Å². The number of nitrogens with zero attached hydrogens (tertiary/aromatic N) is 1. The van der Waals surface area contributed by atoms with Crippen LogP contribution in [0.2, 0.25) is 0 Å². The Hall–Kier alpha value is -0.570. The highest BCUT2D eigenvalue weighted by Gasteiger charge is 2.30. The minimum Gasteiger partial charge on any atom is -0.481 e. The molecule has 92 valence electrons. The highest BCUT2D eigenvalue weighted by Crippen LogP contribution is 2.30. The first kappa shape index (κ1) is 11.9. The molecule has 0 amide bonds. The molecule has 1 saturated carbocycles. The van der Waals surface area contributed by atoms with Gasteiger partial charge in [-0.15, -0.1) is 0 Å². The monoisotopic (exact) mass is 225 g/mol. The van der Waals surface area contributed by atoms with E-state index in [-0.39, 0.29) is 5.92 Å². The van der Waals surface area contributed by atoms with Crippen LogP contribution in [-0.4, -0.2) is 35.6 Å². The number of hydrogen-bond donors (Lipinski definition) is 1. The number of carbonyl (C=O) groups is 1. The third-order valence-corrected chi connectivity index (χ3v) is 4.18. The van der Waals surface area contributed by atoms with Gasteiger partial charge in [-0.05, 0) is 37.6 Å². The Labute approximate surface area is 97.8 Å². The SMILES string of the molecule is CC1CCCC(CN2CCC(C(=O)O)C2)C1. The molecule has 0 aromatic rings. The van der Waals surface area contributed by atoms with Gasteiger partial charge in [-0.3, -0.25) is 4.79 Å². The minimum absolute atomic E-state index is 0.110. The molecule has 2 fully saturated rings. The van der Waals surface area contributed by atoms with Gasteiger partial charge in [-0.25, -0.2) is 0 Å². The van der Waals surface area contributed by atoms with Crippen molar-refractivity contribution in [2.24, 2.45) is 17.8 Å². The number of hydrogen-bond acceptors (Lipinski definition) is 2. The van der Waals surface area contributed by atoms with Gasteiger partial charge in [0, 0.05) is 13.1 Å². The quantitative estimate of drug-likeness (QED) is 0.800. The van der Waals surface area contributed by atoms with Crippen LogP contribution in [0.1, 0.15) is 39.0 Å². The first-order valence-corrected chi connectivity index (χ1v) is 6.60.